The Kier molecular flexibility index (Phi) is 5.72. The number of amides is 2. The quantitative estimate of drug-likeness (QED) is 0.695. The molecule has 0 aliphatic heterocycles. The summed E-state index contributed by atoms with van der Waals surface area (Å²) in [6.45, 7) is 0. The van der Waals surface area contributed by atoms with Crippen LogP contribution in [-0.4, -0.2) is 17.8 Å². The fraction of sp³-hybridized carbons (Fsp3) is 0. The van der Waals surface area contributed by atoms with Crippen LogP contribution in [0.15, 0.2) is 72.8 Å². The molecule has 3 aromatic rings. The van der Waals surface area contributed by atoms with Crippen molar-refractivity contribution >= 4 is 40.8 Å². The molecule has 0 spiro atoms. The lowest BCUT2D eigenvalue weighted by Crippen LogP contribution is -2.24. The Bertz CT molecular complexity index is 1030. The molecule has 0 saturated carbocycles. The first-order valence-electron chi connectivity index (χ1n) is 8.23. The molecule has 3 aromatic carbocycles. The maximum absolute atomic E-state index is 12.4. The van der Waals surface area contributed by atoms with Crippen molar-refractivity contribution in [3.63, 3.8) is 0 Å². The molecule has 0 radical (unpaired) electrons. The van der Waals surface area contributed by atoms with Crippen LogP contribution in [0.3, 0.4) is 0 Å². The van der Waals surface area contributed by atoms with E-state index in [9.17, 15) is 19.5 Å². The molecule has 2 amide bonds. The molecule has 0 unspecified atom stereocenters. The molecule has 0 fully saturated rings. The second kappa shape index (κ2) is 8.37. The van der Waals surface area contributed by atoms with Crippen LogP contribution in [-0.2, 0) is 0 Å². The van der Waals surface area contributed by atoms with Crippen molar-refractivity contribution in [3.05, 3.63) is 94.5 Å². The Morgan fingerprint density at radius 3 is 1.86 bits per heavy atom. The van der Waals surface area contributed by atoms with E-state index in [1.165, 1.54) is 24.3 Å². The molecule has 0 bridgehead atoms. The van der Waals surface area contributed by atoms with Gasteiger partial charge in [-0.2, -0.15) is 0 Å². The van der Waals surface area contributed by atoms with E-state index in [1.54, 1.807) is 48.5 Å². The average molecular weight is 394 g/mol. The second-order valence-electron chi connectivity index (χ2n) is 5.83. The molecule has 0 aromatic heterocycles. The van der Waals surface area contributed by atoms with Crippen LogP contribution in [0.4, 0.5) is 11.4 Å². The zero-order valence-electron chi connectivity index (χ0n) is 14.4. The number of anilines is 2. The number of para-hydroxylation sites is 1. The first-order chi connectivity index (χ1) is 13.4. The van der Waals surface area contributed by atoms with Gasteiger partial charge in [-0.3, -0.25) is 9.59 Å². The van der Waals surface area contributed by atoms with Gasteiger partial charge in [0.15, 0.2) is 0 Å². The van der Waals surface area contributed by atoms with E-state index in [4.69, 9.17) is 11.6 Å². The van der Waals surface area contributed by atoms with Gasteiger partial charge in [0.1, 0.15) is 0 Å². The van der Waals surface area contributed by atoms with Crippen LogP contribution in [0.2, 0.25) is 5.02 Å². The third-order valence-corrected chi connectivity index (χ3v) is 4.16. The number of carbonyl (C=O) groups is 3. The normalized spacial score (nSPS) is 10.2. The molecule has 140 valence electrons. The van der Waals surface area contributed by atoms with Gasteiger partial charge in [-0.05, 0) is 54.6 Å². The topological polar surface area (TPSA) is 98.3 Å². The highest BCUT2D eigenvalue weighted by Crippen LogP contribution is 2.17. The number of rotatable bonds is 5. The van der Waals surface area contributed by atoms with Crippen molar-refractivity contribution in [1.29, 1.82) is 0 Å². The largest absolute Gasteiger partial charge is 0.545 e. The number of aromatic carboxylic acids is 1. The standard InChI is InChI=1S/C21H15ClN2O4/c22-15-9-5-13(6-10-15)19(25)23-16-11-7-14(8-12-16)20(26)24-18-4-2-1-3-17(18)21(27)28/h1-12H,(H,23,25)(H,24,26)(H,27,28)/p-1. The van der Waals surface area contributed by atoms with Gasteiger partial charge in [0.05, 0.1) is 11.7 Å². The highest BCUT2D eigenvalue weighted by Gasteiger charge is 2.11. The van der Waals surface area contributed by atoms with Gasteiger partial charge in [0, 0.05) is 27.4 Å². The summed E-state index contributed by atoms with van der Waals surface area (Å²) in [6.07, 6.45) is 0. The SMILES string of the molecule is O=C(Nc1ccc(C(=O)Nc2ccccc2C(=O)[O-])cc1)c1ccc(Cl)cc1. The lowest BCUT2D eigenvalue weighted by atomic mass is 10.1. The number of hydrogen-bond donors (Lipinski definition) is 2. The van der Waals surface area contributed by atoms with Crippen molar-refractivity contribution < 1.29 is 19.5 Å². The highest BCUT2D eigenvalue weighted by atomic mass is 35.5. The van der Waals surface area contributed by atoms with Crippen molar-refractivity contribution in [3.8, 4) is 0 Å². The molecule has 3 rings (SSSR count). The molecule has 2 N–H and O–H groups in total. The highest BCUT2D eigenvalue weighted by molar-refractivity contribution is 6.30. The van der Waals surface area contributed by atoms with Crippen molar-refractivity contribution in [2.45, 2.75) is 0 Å². The van der Waals surface area contributed by atoms with Crippen LogP contribution in [0, 0.1) is 0 Å². The minimum atomic E-state index is -1.38. The van der Waals surface area contributed by atoms with Gasteiger partial charge in [0.25, 0.3) is 11.8 Å². The first kappa shape index (κ1) is 19.1. The molecule has 7 heteroatoms. The lowest BCUT2D eigenvalue weighted by Gasteiger charge is -2.12. The summed E-state index contributed by atoms with van der Waals surface area (Å²) in [5, 5.41) is 16.9. The van der Waals surface area contributed by atoms with Crippen LogP contribution in [0.5, 0.6) is 0 Å². The molecular formula is C21H14ClN2O4-. The number of halogens is 1. The van der Waals surface area contributed by atoms with Crippen LogP contribution >= 0.6 is 11.6 Å². The number of hydrogen-bond acceptors (Lipinski definition) is 4. The Morgan fingerprint density at radius 1 is 0.714 bits per heavy atom. The van der Waals surface area contributed by atoms with E-state index in [-0.39, 0.29) is 17.2 Å². The zero-order valence-corrected chi connectivity index (χ0v) is 15.2. The minimum Gasteiger partial charge on any atom is -0.545 e. The van der Waals surface area contributed by atoms with Gasteiger partial charge in [0.2, 0.25) is 0 Å². The predicted molar refractivity (Wildman–Crippen MR) is 105 cm³/mol. The molecule has 0 atom stereocenters. The van der Waals surface area contributed by atoms with E-state index in [0.29, 0.717) is 21.8 Å². The van der Waals surface area contributed by atoms with E-state index in [2.05, 4.69) is 10.6 Å². The fourth-order valence-corrected chi connectivity index (χ4v) is 2.60. The van der Waals surface area contributed by atoms with Gasteiger partial charge >= 0.3 is 0 Å². The molecular weight excluding hydrogens is 380 g/mol. The Balaban J connectivity index is 1.68. The number of benzene rings is 3. The molecule has 0 heterocycles. The molecule has 0 aliphatic rings. The maximum Gasteiger partial charge on any atom is 0.255 e. The Labute approximate surface area is 165 Å². The van der Waals surface area contributed by atoms with Crippen molar-refractivity contribution in [2.24, 2.45) is 0 Å². The number of carbonyl (C=O) groups excluding carboxylic acids is 3. The third kappa shape index (κ3) is 4.55. The number of carboxylic acid groups (broad SMARTS) is 1. The average Bonchev–Trinajstić information content (AvgIpc) is 2.69. The summed E-state index contributed by atoms with van der Waals surface area (Å²) < 4.78 is 0. The molecule has 6 nitrogen and oxygen atoms in total. The number of nitrogens with one attached hydrogen (secondary N) is 2. The molecule has 0 saturated heterocycles. The summed E-state index contributed by atoms with van der Waals surface area (Å²) in [5.74, 6) is -2.17. The minimum absolute atomic E-state index is 0.109. The first-order valence-corrected chi connectivity index (χ1v) is 8.60. The van der Waals surface area contributed by atoms with Crippen molar-refractivity contribution in [1.82, 2.24) is 0 Å². The van der Waals surface area contributed by atoms with Gasteiger partial charge in [-0.25, -0.2) is 0 Å². The van der Waals surface area contributed by atoms with Gasteiger partial charge < -0.3 is 20.5 Å². The van der Waals surface area contributed by atoms with Crippen LogP contribution in [0.25, 0.3) is 0 Å². The monoisotopic (exact) mass is 393 g/mol. The smallest absolute Gasteiger partial charge is 0.255 e. The zero-order chi connectivity index (χ0) is 20.1. The van der Waals surface area contributed by atoms with Crippen molar-refractivity contribution in [2.75, 3.05) is 10.6 Å². The summed E-state index contributed by atoms with van der Waals surface area (Å²) in [5.41, 5.74) is 1.30. The van der Waals surface area contributed by atoms with Gasteiger partial charge in [-0.1, -0.05) is 29.8 Å². The summed E-state index contributed by atoms with van der Waals surface area (Å²) in [4.78, 5) is 35.7. The van der Waals surface area contributed by atoms with Gasteiger partial charge in [-0.15, -0.1) is 0 Å². The Hall–Kier alpha value is -3.64. The Morgan fingerprint density at radius 2 is 1.25 bits per heavy atom. The van der Waals surface area contributed by atoms with E-state index in [1.807, 2.05) is 0 Å². The van der Waals surface area contributed by atoms with Crippen LogP contribution < -0.4 is 15.7 Å². The predicted octanol–water partition coefficient (Wildman–Crippen LogP) is 3.21. The second-order valence-corrected chi connectivity index (χ2v) is 6.26. The summed E-state index contributed by atoms with van der Waals surface area (Å²) in [7, 11) is 0. The van der Waals surface area contributed by atoms with E-state index in [0.717, 1.165) is 0 Å². The van der Waals surface area contributed by atoms with E-state index < -0.39 is 11.9 Å². The van der Waals surface area contributed by atoms with Crippen LogP contribution in [0.1, 0.15) is 31.1 Å². The fourth-order valence-electron chi connectivity index (χ4n) is 2.47. The molecule has 0 aliphatic carbocycles. The summed E-state index contributed by atoms with van der Waals surface area (Å²) in [6, 6.07) is 18.6. The molecule has 28 heavy (non-hydrogen) atoms. The number of carboxylic acids is 1. The summed E-state index contributed by atoms with van der Waals surface area (Å²) >= 11 is 5.80. The van der Waals surface area contributed by atoms with E-state index >= 15 is 0 Å². The lowest BCUT2D eigenvalue weighted by molar-refractivity contribution is -0.254. The third-order valence-electron chi connectivity index (χ3n) is 3.91. The maximum atomic E-state index is 12.4.